The van der Waals surface area contributed by atoms with Gasteiger partial charge >= 0.3 is 0 Å². The summed E-state index contributed by atoms with van der Waals surface area (Å²) in [5, 5.41) is 1.07. The van der Waals surface area contributed by atoms with E-state index in [1.165, 1.54) is 5.56 Å². The van der Waals surface area contributed by atoms with E-state index in [0.717, 1.165) is 47.5 Å². The van der Waals surface area contributed by atoms with E-state index >= 15 is 0 Å². The zero-order valence-corrected chi connectivity index (χ0v) is 13.4. The summed E-state index contributed by atoms with van der Waals surface area (Å²) in [5.41, 5.74) is 3.23. The van der Waals surface area contributed by atoms with Crippen LogP contribution in [0.25, 0.3) is 10.9 Å². The zero-order chi connectivity index (χ0) is 16.2. The average molecular weight is 321 g/mol. The van der Waals surface area contributed by atoms with Gasteiger partial charge in [-0.05, 0) is 30.5 Å². The fourth-order valence-electron chi connectivity index (χ4n) is 2.81. The lowest BCUT2D eigenvalue weighted by atomic mass is 10.1. The van der Waals surface area contributed by atoms with Crippen molar-refractivity contribution in [1.82, 2.24) is 4.98 Å². The lowest BCUT2D eigenvalue weighted by Gasteiger charge is -2.06. The molecule has 0 unspecified atom stereocenters. The number of hydrogen-bond donors (Lipinski definition) is 0. The predicted molar refractivity (Wildman–Crippen MR) is 92.3 cm³/mol. The van der Waals surface area contributed by atoms with E-state index in [9.17, 15) is 0 Å². The van der Waals surface area contributed by atoms with Gasteiger partial charge in [0.2, 0.25) is 6.79 Å². The molecule has 0 fully saturated rings. The molecular formula is C20H19NO3. The topological polar surface area (TPSA) is 40.6 Å². The largest absolute Gasteiger partial charge is 0.454 e. The van der Waals surface area contributed by atoms with Gasteiger partial charge < -0.3 is 14.2 Å². The van der Waals surface area contributed by atoms with Crippen LogP contribution in [0.5, 0.6) is 11.5 Å². The molecule has 122 valence electrons. The minimum absolute atomic E-state index is 0.289. The quantitative estimate of drug-likeness (QED) is 0.641. The molecule has 0 aliphatic carbocycles. The Morgan fingerprint density at radius 2 is 1.79 bits per heavy atom. The highest BCUT2D eigenvalue weighted by atomic mass is 16.7. The van der Waals surface area contributed by atoms with E-state index in [2.05, 4.69) is 24.3 Å². The minimum atomic E-state index is 0.289. The Balaban J connectivity index is 1.32. The van der Waals surface area contributed by atoms with Crippen LogP contribution in [-0.4, -0.2) is 18.4 Å². The molecule has 2 aromatic carbocycles. The number of fused-ring (bicyclic) bond motifs is 2. The first-order valence-corrected chi connectivity index (χ1v) is 8.19. The Labute approximate surface area is 141 Å². The molecule has 1 aliphatic heterocycles. The molecule has 4 nitrogen and oxygen atoms in total. The number of rotatable bonds is 6. The lowest BCUT2D eigenvalue weighted by molar-refractivity contribution is 0.118. The van der Waals surface area contributed by atoms with Crippen molar-refractivity contribution in [2.24, 2.45) is 0 Å². The molecule has 0 saturated carbocycles. The molecule has 24 heavy (non-hydrogen) atoms. The fourth-order valence-corrected chi connectivity index (χ4v) is 2.81. The van der Waals surface area contributed by atoms with Crippen LogP contribution in [0.4, 0.5) is 0 Å². The highest BCUT2D eigenvalue weighted by molar-refractivity contribution is 5.83. The fraction of sp³-hybridized carbons (Fsp3) is 0.250. The van der Waals surface area contributed by atoms with Crippen molar-refractivity contribution < 1.29 is 14.2 Å². The number of aryl methyl sites for hydroxylation is 1. The molecule has 2 heterocycles. The van der Waals surface area contributed by atoms with Crippen LogP contribution in [0, 0.1) is 0 Å². The molecule has 4 heteroatoms. The van der Waals surface area contributed by atoms with Crippen molar-refractivity contribution in [3.05, 3.63) is 65.9 Å². The maximum absolute atomic E-state index is 5.73. The summed E-state index contributed by atoms with van der Waals surface area (Å²) < 4.78 is 16.5. The number of ether oxygens (including phenoxy) is 3. The van der Waals surface area contributed by atoms with Crippen molar-refractivity contribution in [3.63, 3.8) is 0 Å². The van der Waals surface area contributed by atoms with Crippen molar-refractivity contribution in [2.45, 2.75) is 19.4 Å². The molecule has 1 aromatic heterocycles. The van der Waals surface area contributed by atoms with Gasteiger partial charge in [0.15, 0.2) is 11.5 Å². The third kappa shape index (κ3) is 3.34. The molecule has 0 amide bonds. The van der Waals surface area contributed by atoms with E-state index < -0.39 is 0 Å². The highest BCUT2D eigenvalue weighted by Gasteiger charge is 2.14. The predicted octanol–water partition coefficient (Wildman–Crippen LogP) is 4.11. The standard InChI is InChI=1S/C20H19NO3/c1-2-5-15(6-3-1)13-22-10-4-7-17-9-8-16-11-19-20(24-14-23-19)12-18(16)21-17/h1-3,5-6,8-9,11-12H,4,7,10,13-14H2. The van der Waals surface area contributed by atoms with Crippen molar-refractivity contribution >= 4 is 10.9 Å². The lowest BCUT2D eigenvalue weighted by Crippen LogP contribution is -1.99. The highest BCUT2D eigenvalue weighted by Crippen LogP contribution is 2.35. The SMILES string of the molecule is c1ccc(COCCCc2ccc3cc4c(cc3n2)OCO4)cc1. The first-order chi connectivity index (χ1) is 11.9. The third-order valence-corrected chi connectivity index (χ3v) is 4.07. The first kappa shape index (κ1) is 15.0. The smallest absolute Gasteiger partial charge is 0.231 e. The van der Waals surface area contributed by atoms with Gasteiger partial charge in [-0.25, -0.2) is 0 Å². The van der Waals surface area contributed by atoms with E-state index in [-0.39, 0.29) is 6.79 Å². The van der Waals surface area contributed by atoms with Gasteiger partial charge in [-0.1, -0.05) is 36.4 Å². The summed E-state index contributed by atoms with van der Waals surface area (Å²) in [5.74, 6) is 1.57. The molecule has 0 spiro atoms. The maximum Gasteiger partial charge on any atom is 0.231 e. The number of benzene rings is 2. The molecule has 0 radical (unpaired) electrons. The van der Waals surface area contributed by atoms with Crippen molar-refractivity contribution in [2.75, 3.05) is 13.4 Å². The first-order valence-electron chi connectivity index (χ1n) is 8.19. The summed E-state index contributed by atoms with van der Waals surface area (Å²) in [4.78, 5) is 4.72. The number of aromatic nitrogens is 1. The van der Waals surface area contributed by atoms with Gasteiger partial charge in [0, 0.05) is 23.8 Å². The van der Waals surface area contributed by atoms with Crippen LogP contribution in [0.2, 0.25) is 0 Å². The Morgan fingerprint density at radius 1 is 0.958 bits per heavy atom. The van der Waals surface area contributed by atoms with E-state index in [1.54, 1.807) is 0 Å². The van der Waals surface area contributed by atoms with Gasteiger partial charge in [-0.15, -0.1) is 0 Å². The van der Waals surface area contributed by atoms with Gasteiger partial charge in [0.25, 0.3) is 0 Å². The summed E-state index contributed by atoms with van der Waals surface area (Å²) in [7, 11) is 0. The average Bonchev–Trinajstić information content (AvgIpc) is 3.07. The zero-order valence-electron chi connectivity index (χ0n) is 13.4. The van der Waals surface area contributed by atoms with Crippen LogP contribution < -0.4 is 9.47 Å². The monoisotopic (exact) mass is 321 g/mol. The number of nitrogens with zero attached hydrogens (tertiary/aromatic N) is 1. The minimum Gasteiger partial charge on any atom is -0.454 e. The van der Waals surface area contributed by atoms with Crippen LogP contribution in [-0.2, 0) is 17.8 Å². The molecule has 3 aromatic rings. The molecule has 0 atom stereocenters. The molecular weight excluding hydrogens is 302 g/mol. The Bertz CT molecular complexity index is 833. The van der Waals surface area contributed by atoms with Gasteiger partial charge in [0.1, 0.15) is 0 Å². The maximum atomic E-state index is 5.73. The van der Waals surface area contributed by atoms with Crippen molar-refractivity contribution in [3.8, 4) is 11.5 Å². The second-order valence-electron chi connectivity index (χ2n) is 5.84. The Kier molecular flexibility index (Phi) is 4.30. The number of hydrogen-bond acceptors (Lipinski definition) is 4. The van der Waals surface area contributed by atoms with Crippen LogP contribution in [0.1, 0.15) is 17.7 Å². The molecule has 0 saturated heterocycles. The van der Waals surface area contributed by atoms with Crippen LogP contribution in [0.15, 0.2) is 54.6 Å². The second-order valence-corrected chi connectivity index (χ2v) is 5.84. The van der Waals surface area contributed by atoms with Gasteiger partial charge in [-0.2, -0.15) is 0 Å². The molecule has 0 N–H and O–H groups in total. The van der Waals surface area contributed by atoms with Crippen LogP contribution >= 0.6 is 0 Å². The molecule has 4 rings (SSSR count). The summed E-state index contributed by atoms with van der Waals surface area (Å²) in [6.45, 7) is 1.68. The number of pyridine rings is 1. The van der Waals surface area contributed by atoms with Crippen LogP contribution in [0.3, 0.4) is 0 Å². The normalized spacial score (nSPS) is 12.7. The Hall–Kier alpha value is -2.59. The summed E-state index contributed by atoms with van der Waals surface area (Å²) >= 11 is 0. The third-order valence-electron chi connectivity index (χ3n) is 4.07. The van der Waals surface area contributed by atoms with Gasteiger partial charge in [0.05, 0.1) is 12.1 Å². The van der Waals surface area contributed by atoms with E-state index in [4.69, 9.17) is 19.2 Å². The second kappa shape index (κ2) is 6.89. The van der Waals surface area contributed by atoms with E-state index in [0.29, 0.717) is 6.61 Å². The van der Waals surface area contributed by atoms with E-state index in [1.807, 2.05) is 30.3 Å². The van der Waals surface area contributed by atoms with Crippen molar-refractivity contribution in [1.29, 1.82) is 0 Å². The molecule has 0 bridgehead atoms. The molecule has 1 aliphatic rings. The Morgan fingerprint density at radius 3 is 2.67 bits per heavy atom. The summed E-state index contributed by atoms with van der Waals surface area (Å²) in [6, 6.07) is 18.3. The summed E-state index contributed by atoms with van der Waals surface area (Å²) in [6.07, 6.45) is 1.86. The van der Waals surface area contributed by atoms with Gasteiger partial charge in [-0.3, -0.25) is 4.98 Å².